The molecular formula is C14H20NO5P. The Bertz CT molecular complexity index is 491. The van der Waals surface area contributed by atoms with Crippen molar-refractivity contribution < 1.29 is 23.1 Å². The monoisotopic (exact) mass is 313 g/mol. The summed E-state index contributed by atoms with van der Waals surface area (Å²) in [6, 6.07) is 9.17. The molecule has 1 aromatic rings. The SMILES string of the molecule is CCOP(=O)(NC(C)C(=O)OC(C)C)Oc1cc#ccc1. The van der Waals surface area contributed by atoms with E-state index in [9.17, 15) is 9.36 Å². The molecule has 0 heterocycles. The zero-order valence-corrected chi connectivity index (χ0v) is 13.5. The molecule has 0 aliphatic heterocycles. The van der Waals surface area contributed by atoms with Crippen molar-refractivity contribution in [2.45, 2.75) is 39.8 Å². The fourth-order valence-corrected chi connectivity index (χ4v) is 2.90. The van der Waals surface area contributed by atoms with Crippen molar-refractivity contribution in [3.8, 4) is 5.75 Å². The molecule has 21 heavy (non-hydrogen) atoms. The molecule has 2 atom stereocenters. The summed E-state index contributed by atoms with van der Waals surface area (Å²) in [5, 5.41) is 2.56. The van der Waals surface area contributed by atoms with Gasteiger partial charge in [-0.25, -0.2) is 4.57 Å². The van der Waals surface area contributed by atoms with Gasteiger partial charge in [0, 0.05) is 6.07 Å². The number of hydrogen-bond donors (Lipinski definition) is 1. The van der Waals surface area contributed by atoms with E-state index in [2.05, 4.69) is 17.2 Å². The van der Waals surface area contributed by atoms with Gasteiger partial charge < -0.3 is 9.26 Å². The maximum atomic E-state index is 12.6. The van der Waals surface area contributed by atoms with Crippen molar-refractivity contribution in [2.24, 2.45) is 0 Å². The Labute approximate surface area is 125 Å². The molecule has 6 nitrogen and oxygen atoms in total. The van der Waals surface area contributed by atoms with Crippen molar-refractivity contribution in [3.05, 3.63) is 30.3 Å². The first-order valence-corrected chi connectivity index (χ1v) is 8.21. The second-order valence-corrected chi connectivity index (χ2v) is 6.21. The number of nitrogens with one attached hydrogen (secondary N) is 1. The first kappa shape index (κ1) is 17.5. The van der Waals surface area contributed by atoms with Crippen LogP contribution in [0.15, 0.2) is 18.2 Å². The zero-order chi connectivity index (χ0) is 15.9. The van der Waals surface area contributed by atoms with Crippen LogP contribution in [0, 0.1) is 12.1 Å². The van der Waals surface area contributed by atoms with Gasteiger partial charge in [-0.05, 0) is 39.8 Å². The molecule has 0 bridgehead atoms. The van der Waals surface area contributed by atoms with E-state index in [4.69, 9.17) is 13.8 Å². The number of hydrogen-bond acceptors (Lipinski definition) is 5. The third-order valence-corrected chi connectivity index (χ3v) is 3.96. The highest BCUT2D eigenvalue weighted by molar-refractivity contribution is 7.52. The lowest BCUT2D eigenvalue weighted by atomic mass is 10.4. The van der Waals surface area contributed by atoms with E-state index in [-0.39, 0.29) is 12.7 Å². The van der Waals surface area contributed by atoms with Crippen LogP contribution in [0.3, 0.4) is 0 Å². The Morgan fingerprint density at radius 3 is 2.62 bits per heavy atom. The standard InChI is InChI=1S/C14H20NO5P/c1-5-18-21(17,20-13-9-7-6-8-10-13)15-12(4)14(16)19-11(2)3/h7,9-12H,5H2,1-4H3,(H,15,17). The quantitative estimate of drug-likeness (QED) is 0.587. The first-order valence-electron chi connectivity index (χ1n) is 6.66. The van der Waals surface area contributed by atoms with Crippen LogP contribution >= 0.6 is 7.75 Å². The molecule has 2 unspecified atom stereocenters. The normalized spacial score (nSPS) is 14.9. The van der Waals surface area contributed by atoms with E-state index in [1.807, 2.05) is 0 Å². The molecule has 0 aromatic heterocycles. The fraction of sp³-hybridized carbons (Fsp3) is 0.500. The zero-order valence-electron chi connectivity index (χ0n) is 12.6. The molecule has 0 amide bonds. The first-order chi connectivity index (χ1) is 9.86. The summed E-state index contributed by atoms with van der Waals surface area (Å²) in [5.41, 5.74) is 0. The molecule has 1 rings (SSSR count). The van der Waals surface area contributed by atoms with Crippen molar-refractivity contribution in [3.63, 3.8) is 0 Å². The van der Waals surface area contributed by atoms with Gasteiger partial charge in [-0.3, -0.25) is 9.32 Å². The molecule has 0 aliphatic carbocycles. The van der Waals surface area contributed by atoms with Crippen molar-refractivity contribution in [1.29, 1.82) is 0 Å². The fourth-order valence-electron chi connectivity index (χ4n) is 1.41. The molecule has 7 heteroatoms. The third-order valence-electron chi connectivity index (χ3n) is 2.21. The van der Waals surface area contributed by atoms with E-state index in [1.54, 1.807) is 32.9 Å². The summed E-state index contributed by atoms with van der Waals surface area (Å²) < 4.78 is 28.1. The Morgan fingerprint density at radius 1 is 1.38 bits per heavy atom. The van der Waals surface area contributed by atoms with E-state index in [1.165, 1.54) is 13.0 Å². The minimum absolute atomic E-state index is 0.166. The Hall–Kier alpha value is -1.54. The van der Waals surface area contributed by atoms with Crippen LogP contribution in [-0.2, 0) is 18.6 Å². The highest BCUT2D eigenvalue weighted by Crippen LogP contribution is 2.44. The van der Waals surface area contributed by atoms with E-state index >= 15 is 0 Å². The van der Waals surface area contributed by atoms with Crippen LogP contribution in [0.4, 0.5) is 0 Å². The topological polar surface area (TPSA) is 73.9 Å². The van der Waals surface area contributed by atoms with E-state index in [0.717, 1.165) is 0 Å². The number of carbonyl (C=O) groups is 1. The molecule has 0 spiro atoms. The second-order valence-electron chi connectivity index (χ2n) is 4.51. The highest BCUT2D eigenvalue weighted by atomic mass is 31.2. The number of ether oxygens (including phenoxy) is 1. The lowest BCUT2D eigenvalue weighted by Crippen LogP contribution is -2.36. The Morgan fingerprint density at radius 2 is 2.10 bits per heavy atom. The summed E-state index contributed by atoms with van der Waals surface area (Å²) in [7, 11) is -3.68. The van der Waals surface area contributed by atoms with Crippen LogP contribution in [0.25, 0.3) is 0 Å². The summed E-state index contributed by atoms with van der Waals surface area (Å²) in [5.74, 6) is -0.219. The number of carbonyl (C=O) groups excluding carboxylic acids is 1. The molecule has 0 radical (unpaired) electrons. The minimum Gasteiger partial charge on any atom is -0.462 e. The van der Waals surface area contributed by atoms with Gasteiger partial charge in [0.25, 0.3) is 0 Å². The van der Waals surface area contributed by atoms with Gasteiger partial charge in [0.15, 0.2) is 0 Å². The predicted octanol–water partition coefficient (Wildman–Crippen LogP) is 2.74. The number of esters is 1. The van der Waals surface area contributed by atoms with Crippen molar-refractivity contribution in [1.82, 2.24) is 5.09 Å². The van der Waals surface area contributed by atoms with Gasteiger partial charge in [0.2, 0.25) is 0 Å². The smallest absolute Gasteiger partial charge is 0.459 e. The maximum Gasteiger partial charge on any atom is 0.459 e. The molecule has 1 aromatic carbocycles. The average molecular weight is 313 g/mol. The van der Waals surface area contributed by atoms with Crippen LogP contribution in [0.5, 0.6) is 5.75 Å². The molecule has 0 aliphatic rings. The average Bonchev–Trinajstić information content (AvgIpc) is 2.38. The van der Waals surface area contributed by atoms with Crippen LogP contribution in [0.2, 0.25) is 0 Å². The van der Waals surface area contributed by atoms with Crippen molar-refractivity contribution >= 4 is 13.7 Å². The maximum absolute atomic E-state index is 12.6. The molecule has 0 fully saturated rings. The van der Waals surface area contributed by atoms with Crippen LogP contribution in [-0.4, -0.2) is 24.7 Å². The van der Waals surface area contributed by atoms with Gasteiger partial charge >= 0.3 is 13.7 Å². The van der Waals surface area contributed by atoms with Gasteiger partial charge in [0.1, 0.15) is 11.8 Å². The largest absolute Gasteiger partial charge is 0.462 e. The van der Waals surface area contributed by atoms with E-state index < -0.39 is 19.8 Å². The second kappa shape index (κ2) is 8.04. The summed E-state index contributed by atoms with van der Waals surface area (Å²) in [4.78, 5) is 11.8. The molecule has 1 N–H and O–H groups in total. The number of rotatable bonds is 8. The van der Waals surface area contributed by atoms with E-state index in [0.29, 0.717) is 5.75 Å². The van der Waals surface area contributed by atoms with Crippen LogP contribution < -0.4 is 9.61 Å². The summed E-state index contributed by atoms with van der Waals surface area (Å²) >= 11 is 0. The molecule has 116 valence electrons. The Balaban J connectivity index is 2.76. The molecule has 0 saturated carbocycles. The predicted molar refractivity (Wildman–Crippen MR) is 77.8 cm³/mol. The molecular weight excluding hydrogens is 293 g/mol. The van der Waals surface area contributed by atoms with Gasteiger partial charge in [-0.1, -0.05) is 12.1 Å². The minimum atomic E-state index is -3.68. The lowest BCUT2D eigenvalue weighted by Gasteiger charge is -2.22. The van der Waals surface area contributed by atoms with Gasteiger partial charge in [-0.15, -0.1) is 0 Å². The van der Waals surface area contributed by atoms with Crippen LogP contribution in [0.1, 0.15) is 27.7 Å². The van der Waals surface area contributed by atoms with Crippen molar-refractivity contribution in [2.75, 3.05) is 6.61 Å². The summed E-state index contributed by atoms with van der Waals surface area (Å²) in [6.07, 6.45) is -0.256. The third kappa shape index (κ3) is 6.17. The van der Waals surface area contributed by atoms with Gasteiger partial charge in [-0.2, -0.15) is 5.09 Å². The lowest BCUT2D eigenvalue weighted by molar-refractivity contribution is -0.149. The van der Waals surface area contributed by atoms with Gasteiger partial charge in [0.05, 0.1) is 12.7 Å². The molecule has 0 saturated heterocycles. The summed E-state index contributed by atoms with van der Waals surface area (Å²) in [6.45, 7) is 6.85. The highest BCUT2D eigenvalue weighted by Gasteiger charge is 2.31. The Kier molecular flexibility index (Phi) is 6.70.